The molecule has 0 aromatic carbocycles. The number of hydrogen-bond acceptors (Lipinski definition) is 3. The highest BCUT2D eigenvalue weighted by Crippen LogP contribution is 2.29. The fourth-order valence-electron chi connectivity index (χ4n) is 2.23. The first-order chi connectivity index (χ1) is 8.40. The summed E-state index contributed by atoms with van der Waals surface area (Å²) in [5.74, 6) is 1.04. The average molecular weight is 269 g/mol. The van der Waals surface area contributed by atoms with Gasteiger partial charge < -0.3 is 0 Å². The molecule has 96 valence electrons. The summed E-state index contributed by atoms with van der Waals surface area (Å²) in [7, 11) is 0. The van der Waals surface area contributed by atoms with Crippen molar-refractivity contribution in [2.45, 2.75) is 51.1 Å². The van der Waals surface area contributed by atoms with E-state index in [1.165, 1.54) is 57.2 Å². The Morgan fingerprint density at radius 2 is 2.06 bits per heavy atom. The van der Waals surface area contributed by atoms with Crippen molar-refractivity contribution in [1.29, 1.82) is 0 Å². The summed E-state index contributed by atoms with van der Waals surface area (Å²) in [5.41, 5.74) is 1.50. The van der Waals surface area contributed by atoms with Crippen LogP contribution in [0.15, 0.2) is 16.8 Å². The van der Waals surface area contributed by atoms with Gasteiger partial charge >= 0.3 is 0 Å². The van der Waals surface area contributed by atoms with E-state index in [-0.39, 0.29) is 0 Å². The first-order valence-electron chi connectivity index (χ1n) is 6.76. The SMILES string of the molecule is SCCCCCCN(Cc1ccsc1)C1CC1. The number of thiophene rings is 1. The fraction of sp³-hybridized carbons (Fsp3) is 0.714. The molecule has 1 saturated carbocycles. The first kappa shape index (κ1) is 13.4. The first-order valence-corrected chi connectivity index (χ1v) is 8.33. The summed E-state index contributed by atoms with van der Waals surface area (Å²) in [5, 5.41) is 4.48. The molecule has 1 fully saturated rings. The highest BCUT2D eigenvalue weighted by atomic mass is 32.1. The van der Waals surface area contributed by atoms with Crippen LogP contribution in [0.4, 0.5) is 0 Å². The molecule has 1 aliphatic rings. The van der Waals surface area contributed by atoms with Crippen LogP contribution in [-0.4, -0.2) is 23.2 Å². The van der Waals surface area contributed by atoms with Crippen molar-refractivity contribution in [2.75, 3.05) is 12.3 Å². The van der Waals surface area contributed by atoms with Crippen LogP contribution in [0.2, 0.25) is 0 Å². The van der Waals surface area contributed by atoms with E-state index in [0.717, 1.165) is 11.8 Å². The average Bonchev–Trinajstić information content (AvgIpc) is 3.06. The second kappa shape index (κ2) is 7.45. The molecule has 0 saturated heterocycles. The van der Waals surface area contributed by atoms with Crippen LogP contribution in [0.3, 0.4) is 0 Å². The van der Waals surface area contributed by atoms with Crippen LogP contribution < -0.4 is 0 Å². The third kappa shape index (κ3) is 5.02. The zero-order chi connectivity index (χ0) is 11.9. The number of rotatable bonds is 9. The minimum absolute atomic E-state index is 0.889. The minimum atomic E-state index is 0.889. The molecule has 17 heavy (non-hydrogen) atoms. The van der Waals surface area contributed by atoms with Gasteiger partial charge in [0.05, 0.1) is 0 Å². The van der Waals surface area contributed by atoms with Gasteiger partial charge in [-0.3, -0.25) is 4.90 Å². The zero-order valence-electron chi connectivity index (χ0n) is 10.5. The van der Waals surface area contributed by atoms with Gasteiger partial charge in [0.2, 0.25) is 0 Å². The fourth-order valence-corrected chi connectivity index (χ4v) is 3.11. The summed E-state index contributed by atoms with van der Waals surface area (Å²) in [6.07, 6.45) is 8.18. The Hall–Kier alpha value is 0.01000. The van der Waals surface area contributed by atoms with Crippen molar-refractivity contribution in [2.24, 2.45) is 0 Å². The molecule has 0 radical (unpaired) electrons. The van der Waals surface area contributed by atoms with Gasteiger partial charge in [0, 0.05) is 12.6 Å². The molecule has 3 heteroatoms. The quantitative estimate of drug-likeness (QED) is 0.519. The van der Waals surface area contributed by atoms with E-state index in [2.05, 4.69) is 34.4 Å². The summed E-state index contributed by atoms with van der Waals surface area (Å²) >= 11 is 6.07. The number of hydrogen-bond donors (Lipinski definition) is 1. The third-order valence-electron chi connectivity index (χ3n) is 3.38. The molecule has 0 atom stereocenters. The van der Waals surface area contributed by atoms with E-state index in [0.29, 0.717) is 0 Å². The zero-order valence-corrected chi connectivity index (χ0v) is 12.2. The number of unbranched alkanes of at least 4 members (excludes halogenated alkanes) is 3. The van der Waals surface area contributed by atoms with E-state index in [9.17, 15) is 0 Å². The highest BCUT2D eigenvalue weighted by Gasteiger charge is 2.28. The van der Waals surface area contributed by atoms with E-state index < -0.39 is 0 Å². The Labute approximate surface area is 115 Å². The molecule has 0 amide bonds. The van der Waals surface area contributed by atoms with Gasteiger partial charge in [0.1, 0.15) is 0 Å². The van der Waals surface area contributed by atoms with Crippen LogP contribution in [-0.2, 0) is 6.54 Å². The van der Waals surface area contributed by atoms with Crippen LogP contribution in [0.1, 0.15) is 44.1 Å². The summed E-state index contributed by atoms with van der Waals surface area (Å²) in [6.45, 7) is 2.45. The monoisotopic (exact) mass is 269 g/mol. The lowest BCUT2D eigenvalue weighted by Gasteiger charge is -2.21. The van der Waals surface area contributed by atoms with E-state index in [4.69, 9.17) is 0 Å². The molecule has 0 aliphatic heterocycles. The maximum Gasteiger partial charge on any atom is 0.0244 e. The van der Waals surface area contributed by atoms with Crippen LogP contribution in [0, 0.1) is 0 Å². The predicted octanol–water partition coefficient (Wildman–Crippen LogP) is 4.20. The predicted molar refractivity (Wildman–Crippen MR) is 80.1 cm³/mol. The summed E-state index contributed by atoms with van der Waals surface area (Å²) in [4.78, 5) is 2.68. The maximum absolute atomic E-state index is 4.26. The van der Waals surface area contributed by atoms with Gasteiger partial charge in [-0.15, -0.1) is 0 Å². The normalized spacial score (nSPS) is 15.6. The molecule has 1 nitrogen and oxygen atoms in total. The molecular formula is C14H23NS2. The molecule has 1 aromatic rings. The summed E-state index contributed by atoms with van der Waals surface area (Å²) < 4.78 is 0. The van der Waals surface area contributed by atoms with Crippen LogP contribution in [0.5, 0.6) is 0 Å². The Balaban J connectivity index is 1.66. The van der Waals surface area contributed by atoms with Gasteiger partial charge in [-0.1, -0.05) is 12.8 Å². The lowest BCUT2D eigenvalue weighted by molar-refractivity contribution is 0.249. The van der Waals surface area contributed by atoms with Crippen molar-refractivity contribution in [1.82, 2.24) is 4.90 Å². The molecule has 0 bridgehead atoms. The molecule has 2 rings (SSSR count). The Bertz CT molecular complexity index is 293. The molecular weight excluding hydrogens is 246 g/mol. The number of thiol groups is 1. The van der Waals surface area contributed by atoms with E-state index in [1.807, 2.05) is 11.3 Å². The lowest BCUT2D eigenvalue weighted by atomic mass is 10.2. The van der Waals surface area contributed by atoms with E-state index in [1.54, 1.807) is 0 Å². The molecule has 0 spiro atoms. The molecule has 1 aliphatic carbocycles. The van der Waals surface area contributed by atoms with Gasteiger partial charge in [-0.2, -0.15) is 24.0 Å². The highest BCUT2D eigenvalue weighted by molar-refractivity contribution is 7.80. The second-order valence-electron chi connectivity index (χ2n) is 4.97. The molecule has 1 aromatic heterocycles. The lowest BCUT2D eigenvalue weighted by Crippen LogP contribution is -2.26. The number of nitrogens with zero attached hydrogens (tertiary/aromatic N) is 1. The van der Waals surface area contributed by atoms with Crippen molar-refractivity contribution in [3.8, 4) is 0 Å². The van der Waals surface area contributed by atoms with Gasteiger partial charge in [-0.05, 0) is 60.4 Å². The minimum Gasteiger partial charge on any atom is -0.296 e. The van der Waals surface area contributed by atoms with Crippen molar-refractivity contribution in [3.63, 3.8) is 0 Å². The van der Waals surface area contributed by atoms with Crippen molar-refractivity contribution >= 4 is 24.0 Å². The Morgan fingerprint density at radius 1 is 1.24 bits per heavy atom. The third-order valence-corrected chi connectivity index (χ3v) is 4.43. The molecule has 0 N–H and O–H groups in total. The summed E-state index contributed by atoms with van der Waals surface area (Å²) in [6, 6.07) is 3.15. The van der Waals surface area contributed by atoms with Crippen molar-refractivity contribution < 1.29 is 0 Å². The topological polar surface area (TPSA) is 3.24 Å². The van der Waals surface area contributed by atoms with Crippen LogP contribution in [0.25, 0.3) is 0 Å². The molecule has 1 heterocycles. The molecule has 0 unspecified atom stereocenters. The smallest absolute Gasteiger partial charge is 0.0244 e. The van der Waals surface area contributed by atoms with E-state index >= 15 is 0 Å². The van der Waals surface area contributed by atoms with Gasteiger partial charge in [0.15, 0.2) is 0 Å². The Kier molecular flexibility index (Phi) is 5.89. The Morgan fingerprint density at radius 3 is 2.71 bits per heavy atom. The van der Waals surface area contributed by atoms with Gasteiger partial charge in [-0.25, -0.2) is 0 Å². The largest absolute Gasteiger partial charge is 0.296 e. The standard InChI is InChI=1S/C14H23NS2/c16-9-4-2-1-3-8-15(14-5-6-14)11-13-7-10-17-12-13/h7,10,12,14,16H,1-6,8-9,11H2. The second-order valence-corrected chi connectivity index (χ2v) is 6.20. The van der Waals surface area contributed by atoms with Crippen LogP contribution >= 0.6 is 24.0 Å². The van der Waals surface area contributed by atoms with Gasteiger partial charge in [0.25, 0.3) is 0 Å². The van der Waals surface area contributed by atoms with Crippen molar-refractivity contribution in [3.05, 3.63) is 22.4 Å². The maximum atomic E-state index is 4.26.